The molecule has 0 unspecified atom stereocenters. The van der Waals surface area contributed by atoms with Gasteiger partial charge in [-0.15, -0.1) is 0 Å². The number of amides is 1. The summed E-state index contributed by atoms with van der Waals surface area (Å²) in [4.78, 5) is 26.5. The van der Waals surface area contributed by atoms with E-state index in [1.165, 1.54) is 0 Å². The van der Waals surface area contributed by atoms with Gasteiger partial charge in [-0.3, -0.25) is 9.48 Å². The van der Waals surface area contributed by atoms with E-state index in [-0.39, 0.29) is 11.9 Å². The van der Waals surface area contributed by atoms with Crippen molar-refractivity contribution in [2.45, 2.75) is 39.3 Å². The monoisotopic (exact) mass is 384 g/mol. The zero-order valence-electron chi connectivity index (χ0n) is 16.6. The number of fused-ring (bicyclic) bond motifs is 4. The van der Waals surface area contributed by atoms with Crippen LogP contribution in [0.1, 0.15) is 35.9 Å². The van der Waals surface area contributed by atoms with Gasteiger partial charge < -0.3 is 14.5 Å². The third-order valence-corrected chi connectivity index (χ3v) is 5.58. The molecule has 0 aromatic carbocycles. The molecule has 3 aliphatic heterocycles. The number of aryl methyl sites for hydroxylation is 1. The molecule has 150 valence electrons. The molecule has 3 saturated heterocycles. The molecule has 8 nitrogen and oxygen atoms in total. The highest BCUT2D eigenvalue weighted by atomic mass is 16.5. The molecular weight excluding hydrogens is 356 g/mol. The van der Waals surface area contributed by atoms with Gasteiger partial charge in [0.1, 0.15) is 5.69 Å². The Balaban J connectivity index is 1.53. The van der Waals surface area contributed by atoms with Gasteiger partial charge in [0.25, 0.3) is 5.91 Å². The normalized spacial score (nSPS) is 21.8. The van der Waals surface area contributed by atoms with Crippen molar-refractivity contribution in [3.8, 4) is 0 Å². The van der Waals surface area contributed by atoms with Crippen molar-refractivity contribution in [2.75, 3.05) is 37.7 Å². The van der Waals surface area contributed by atoms with E-state index < -0.39 is 0 Å². The number of hydrogen-bond acceptors (Lipinski definition) is 6. The number of carbonyl (C=O) groups is 1. The highest BCUT2D eigenvalue weighted by Gasteiger charge is 2.39. The van der Waals surface area contributed by atoms with Gasteiger partial charge in [-0.25, -0.2) is 9.97 Å². The Hall–Kier alpha value is -2.48. The fourth-order valence-electron chi connectivity index (χ4n) is 4.28. The fourth-order valence-corrected chi connectivity index (χ4v) is 4.28. The maximum absolute atomic E-state index is 13.4. The predicted octanol–water partition coefficient (Wildman–Crippen LogP) is 1.76. The first-order valence-corrected chi connectivity index (χ1v) is 10.1. The zero-order chi connectivity index (χ0) is 19.5. The average molecular weight is 384 g/mol. The van der Waals surface area contributed by atoms with Crippen LogP contribution in [0.5, 0.6) is 0 Å². The SMILES string of the molecule is CCOCCn1nc(C)cc1C(=O)N1C[C@H]2CC[C@@H]1CN(c1ncccn1)C2. The molecule has 28 heavy (non-hydrogen) atoms. The molecule has 3 aliphatic rings. The summed E-state index contributed by atoms with van der Waals surface area (Å²) in [5.74, 6) is 1.27. The molecular formula is C20H28N6O2. The van der Waals surface area contributed by atoms with Crippen LogP contribution in [0.3, 0.4) is 0 Å². The number of anilines is 1. The third kappa shape index (κ3) is 3.87. The maximum atomic E-state index is 13.4. The standard InChI is InChI=1S/C20H28N6O2/c1-3-28-10-9-26-18(11-15(2)23-26)19(27)25-13-16-5-6-17(25)14-24(12-16)20-21-7-4-8-22-20/h4,7-8,11,16-17H,3,5-6,9-10,12-14H2,1-2H3/t16-,17+/m0/s1. The summed E-state index contributed by atoms with van der Waals surface area (Å²) in [5.41, 5.74) is 1.52. The molecule has 0 saturated carbocycles. The highest BCUT2D eigenvalue weighted by Crippen LogP contribution is 2.30. The van der Waals surface area contributed by atoms with Crippen LogP contribution in [0, 0.1) is 12.8 Å². The molecule has 0 N–H and O–H groups in total. The zero-order valence-corrected chi connectivity index (χ0v) is 16.6. The van der Waals surface area contributed by atoms with E-state index in [2.05, 4.69) is 20.0 Å². The van der Waals surface area contributed by atoms with Crippen LogP contribution in [-0.2, 0) is 11.3 Å². The lowest BCUT2D eigenvalue weighted by atomic mass is 9.94. The molecule has 5 rings (SSSR count). The number of hydrogen-bond donors (Lipinski definition) is 0. The summed E-state index contributed by atoms with van der Waals surface area (Å²) in [7, 11) is 0. The van der Waals surface area contributed by atoms with Gasteiger partial charge in [0.05, 0.1) is 18.8 Å². The minimum Gasteiger partial charge on any atom is -0.380 e. The molecule has 2 bridgehead atoms. The van der Waals surface area contributed by atoms with E-state index in [4.69, 9.17) is 4.74 Å². The van der Waals surface area contributed by atoms with Gasteiger partial charge in [-0.2, -0.15) is 5.10 Å². The van der Waals surface area contributed by atoms with Crippen LogP contribution < -0.4 is 4.90 Å². The molecule has 5 heterocycles. The van der Waals surface area contributed by atoms with E-state index in [1.54, 1.807) is 17.1 Å². The smallest absolute Gasteiger partial charge is 0.272 e. The first-order chi connectivity index (χ1) is 13.7. The van der Waals surface area contributed by atoms with Crippen LogP contribution in [0.15, 0.2) is 24.5 Å². The highest BCUT2D eigenvalue weighted by molar-refractivity contribution is 5.93. The van der Waals surface area contributed by atoms with Gasteiger partial charge in [-0.05, 0) is 44.7 Å². The van der Waals surface area contributed by atoms with Crippen molar-refractivity contribution >= 4 is 11.9 Å². The van der Waals surface area contributed by atoms with Gasteiger partial charge >= 0.3 is 0 Å². The van der Waals surface area contributed by atoms with Gasteiger partial charge in [0, 0.05) is 44.7 Å². The number of rotatable bonds is 6. The second-order valence-electron chi connectivity index (χ2n) is 7.60. The minimum atomic E-state index is 0.0719. The number of piperidine rings is 1. The number of nitrogens with zero attached hydrogens (tertiary/aromatic N) is 6. The molecule has 2 atom stereocenters. The van der Waals surface area contributed by atoms with E-state index in [0.29, 0.717) is 31.4 Å². The van der Waals surface area contributed by atoms with E-state index in [1.807, 2.05) is 30.9 Å². The van der Waals surface area contributed by atoms with Crippen LogP contribution >= 0.6 is 0 Å². The Morgan fingerprint density at radius 2 is 2.04 bits per heavy atom. The number of carbonyl (C=O) groups excluding carboxylic acids is 1. The fraction of sp³-hybridized carbons (Fsp3) is 0.600. The van der Waals surface area contributed by atoms with Crippen molar-refractivity contribution < 1.29 is 9.53 Å². The number of aromatic nitrogens is 4. The second-order valence-corrected chi connectivity index (χ2v) is 7.60. The minimum absolute atomic E-state index is 0.0719. The van der Waals surface area contributed by atoms with Crippen LogP contribution in [0.2, 0.25) is 0 Å². The van der Waals surface area contributed by atoms with Crippen molar-refractivity contribution in [3.05, 3.63) is 35.9 Å². The summed E-state index contributed by atoms with van der Waals surface area (Å²) < 4.78 is 7.25. The molecule has 0 spiro atoms. The van der Waals surface area contributed by atoms with Crippen LogP contribution in [0.25, 0.3) is 0 Å². The van der Waals surface area contributed by atoms with Crippen molar-refractivity contribution in [1.29, 1.82) is 0 Å². The van der Waals surface area contributed by atoms with E-state index in [0.717, 1.165) is 44.1 Å². The average Bonchev–Trinajstić information content (AvgIpc) is 2.88. The molecule has 0 radical (unpaired) electrons. The van der Waals surface area contributed by atoms with Gasteiger partial charge in [-0.1, -0.05) is 0 Å². The van der Waals surface area contributed by atoms with Crippen molar-refractivity contribution in [1.82, 2.24) is 24.6 Å². The van der Waals surface area contributed by atoms with Crippen LogP contribution in [-0.4, -0.2) is 69.4 Å². The quantitative estimate of drug-likeness (QED) is 0.707. The largest absolute Gasteiger partial charge is 0.380 e. The van der Waals surface area contributed by atoms with E-state index >= 15 is 0 Å². The van der Waals surface area contributed by atoms with Gasteiger partial charge in [0.2, 0.25) is 5.95 Å². The van der Waals surface area contributed by atoms with Crippen molar-refractivity contribution in [3.63, 3.8) is 0 Å². The first kappa shape index (κ1) is 18.9. The second kappa shape index (κ2) is 8.26. The molecule has 8 heteroatoms. The lowest BCUT2D eigenvalue weighted by molar-refractivity contribution is 0.0575. The van der Waals surface area contributed by atoms with Gasteiger partial charge in [0.15, 0.2) is 0 Å². The Bertz CT molecular complexity index is 808. The van der Waals surface area contributed by atoms with E-state index in [9.17, 15) is 4.79 Å². The molecule has 2 aromatic rings. The maximum Gasteiger partial charge on any atom is 0.272 e. The molecule has 0 aliphatic carbocycles. The van der Waals surface area contributed by atoms with Crippen LogP contribution in [0.4, 0.5) is 5.95 Å². The summed E-state index contributed by atoms with van der Waals surface area (Å²) in [6, 6.07) is 3.90. The Kier molecular flexibility index (Phi) is 5.57. The summed E-state index contributed by atoms with van der Waals surface area (Å²) in [6.45, 7) is 8.16. The summed E-state index contributed by atoms with van der Waals surface area (Å²) >= 11 is 0. The summed E-state index contributed by atoms with van der Waals surface area (Å²) in [5, 5.41) is 4.51. The Morgan fingerprint density at radius 1 is 1.21 bits per heavy atom. The first-order valence-electron chi connectivity index (χ1n) is 10.1. The lowest BCUT2D eigenvalue weighted by Crippen LogP contribution is -2.48. The molecule has 1 amide bonds. The lowest BCUT2D eigenvalue weighted by Gasteiger charge is -2.36. The Morgan fingerprint density at radius 3 is 2.82 bits per heavy atom. The predicted molar refractivity (Wildman–Crippen MR) is 105 cm³/mol. The topological polar surface area (TPSA) is 76.4 Å². The summed E-state index contributed by atoms with van der Waals surface area (Å²) in [6.07, 6.45) is 5.71. The number of ether oxygens (including phenoxy) is 1. The Labute approximate surface area is 165 Å². The third-order valence-electron chi connectivity index (χ3n) is 5.58. The molecule has 2 aromatic heterocycles. The molecule has 3 fully saturated rings. The van der Waals surface area contributed by atoms with Crippen molar-refractivity contribution in [2.24, 2.45) is 5.92 Å².